The summed E-state index contributed by atoms with van der Waals surface area (Å²) in [7, 11) is -3.84. The molecule has 2 aromatic rings. The van der Waals surface area contributed by atoms with Gasteiger partial charge >= 0.3 is 0 Å². The maximum absolute atomic E-state index is 12.9. The Labute approximate surface area is 139 Å². The zero-order valence-corrected chi connectivity index (χ0v) is 13.3. The summed E-state index contributed by atoms with van der Waals surface area (Å²) in [4.78, 5) is 13.4. The average Bonchev–Trinajstić information content (AvgIpc) is 2.58. The van der Waals surface area contributed by atoms with Crippen LogP contribution in [0.1, 0.15) is 5.56 Å². The molecule has 0 saturated carbocycles. The van der Waals surface area contributed by atoms with Gasteiger partial charge in [0.25, 0.3) is 15.9 Å². The third-order valence-electron chi connectivity index (χ3n) is 2.74. The van der Waals surface area contributed by atoms with Gasteiger partial charge in [-0.2, -0.15) is 0 Å². The van der Waals surface area contributed by atoms with E-state index in [1.165, 1.54) is 24.3 Å². The summed E-state index contributed by atoms with van der Waals surface area (Å²) < 4.78 is 41.4. The fourth-order valence-corrected chi connectivity index (χ4v) is 2.30. The van der Waals surface area contributed by atoms with Crippen LogP contribution in [0.25, 0.3) is 6.08 Å². The van der Waals surface area contributed by atoms with Gasteiger partial charge in [0.2, 0.25) is 0 Å². The molecule has 0 fully saturated rings. The Bertz CT molecular complexity index is 823. The quantitative estimate of drug-likeness (QED) is 0.746. The van der Waals surface area contributed by atoms with E-state index in [2.05, 4.69) is 0 Å². The number of hydrogen-bond donors (Lipinski definition) is 2. The molecule has 0 aliphatic rings. The molecule has 0 spiro atoms. The fourth-order valence-electron chi connectivity index (χ4n) is 1.64. The zero-order chi connectivity index (χ0) is 17.4. The molecule has 1 amide bonds. The Morgan fingerprint density at radius 1 is 1.12 bits per heavy atom. The maximum atomic E-state index is 12.9. The van der Waals surface area contributed by atoms with Crippen LogP contribution in [0.3, 0.4) is 0 Å². The molecule has 2 aromatic carbocycles. The van der Waals surface area contributed by atoms with Crippen molar-refractivity contribution in [1.82, 2.24) is 10.3 Å². The molecule has 2 rings (SSSR count). The van der Waals surface area contributed by atoms with Crippen molar-refractivity contribution in [1.29, 1.82) is 0 Å². The van der Waals surface area contributed by atoms with E-state index in [0.29, 0.717) is 5.56 Å². The molecule has 6 nitrogen and oxygen atoms in total. The second kappa shape index (κ2) is 8.23. The minimum Gasteiger partial charge on any atom is -0.484 e. The number of carbonyl (C=O) groups excluding carboxylic acids is 1. The molecule has 0 bridgehead atoms. The summed E-state index contributed by atoms with van der Waals surface area (Å²) in [6.45, 7) is -0.464. The Morgan fingerprint density at radius 3 is 2.58 bits per heavy atom. The van der Waals surface area contributed by atoms with Crippen LogP contribution < -0.4 is 15.0 Å². The van der Waals surface area contributed by atoms with Gasteiger partial charge in [0.1, 0.15) is 11.6 Å². The van der Waals surface area contributed by atoms with Gasteiger partial charge in [0.15, 0.2) is 6.61 Å². The molecular weight excluding hydrogens is 335 g/mol. The van der Waals surface area contributed by atoms with Gasteiger partial charge in [-0.05, 0) is 23.8 Å². The highest BCUT2D eigenvalue weighted by atomic mass is 32.2. The second-order valence-corrected chi connectivity index (χ2v) is 6.22. The highest BCUT2D eigenvalue weighted by Crippen LogP contribution is 2.11. The molecule has 0 atom stereocenters. The van der Waals surface area contributed by atoms with E-state index in [-0.39, 0.29) is 5.75 Å². The normalized spacial score (nSPS) is 11.4. The van der Waals surface area contributed by atoms with E-state index < -0.39 is 28.4 Å². The molecule has 0 aromatic heterocycles. The predicted molar refractivity (Wildman–Crippen MR) is 87.6 cm³/mol. The number of nitrogens with one attached hydrogen (secondary N) is 2. The van der Waals surface area contributed by atoms with Gasteiger partial charge in [-0.15, -0.1) is 4.83 Å². The zero-order valence-electron chi connectivity index (χ0n) is 12.5. The van der Waals surface area contributed by atoms with E-state index >= 15 is 0 Å². The van der Waals surface area contributed by atoms with Crippen molar-refractivity contribution < 1.29 is 22.3 Å². The summed E-state index contributed by atoms with van der Waals surface area (Å²) >= 11 is 0. The third kappa shape index (κ3) is 6.19. The summed E-state index contributed by atoms with van der Waals surface area (Å²) in [6, 6.07) is 14.1. The molecule has 0 unspecified atom stereocenters. The molecule has 0 aliphatic heterocycles. The first-order valence-corrected chi connectivity index (χ1v) is 8.41. The van der Waals surface area contributed by atoms with E-state index in [4.69, 9.17) is 4.74 Å². The van der Waals surface area contributed by atoms with Crippen molar-refractivity contribution in [3.05, 3.63) is 71.4 Å². The topological polar surface area (TPSA) is 84.5 Å². The van der Waals surface area contributed by atoms with Crippen molar-refractivity contribution in [3.8, 4) is 5.75 Å². The number of hydrazine groups is 1. The van der Waals surface area contributed by atoms with Crippen LogP contribution in [0.2, 0.25) is 0 Å². The van der Waals surface area contributed by atoms with Gasteiger partial charge in [0, 0.05) is 11.5 Å². The Hall–Kier alpha value is -2.71. The lowest BCUT2D eigenvalue weighted by Crippen LogP contribution is -2.42. The smallest absolute Gasteiger partial charge is 0.272 e. The van der Waals surface area contributed by atoms with Crippen LogP contribution in [-0.2, 0) is 14.8 Å². The first kappa shape index (κ1) is 17.6. The Morgan fingerprint density at radius 2 is 1.88 bits per heavy atom. The van der Waals surface area contributed by atoms with E-state index in [0.717, 1.165) is 11.5 Å². The van der Waals surface area contributed by atoms with Crippen molar-refractivity contribution in [2.45, 2.75) is 0 Å². The van der Waals surface area contributed by atoms with Gasteiger partial charge in [-0.3, -0.25) is 10.2 Å². The first-order chi connectivity index (χ1) is 11.4. The number of benzene rings is 2. The van der Waals surface area contributed by atoms with E-state index in [1.807, 2.05) is 16.3 Å². The molecular formula is C16H15FN2O4S. The number of amides is 1. The SMILES string of the molecule is O=C(COc1cccc(F)c1)NNS(=O)(=O)/C=C/c1ccccc1. The monoisotopic (exact) mass is 350 g/mol. The lowest BCUT2D eigenvalue weighted by atomic mass is 10.2. The number of rotatable bonds is 7. The molecule has 0 radical (unpaired) electrons. The number of sulfonamides is 1. The largest absolute Gasteiger partial charge is 0.484 e. The standard InChI is InChI=1S/C16H15FN2O4S/c17-14-7-4-8-15(11-14)23-12-16(20)18-19-24(21,22)10-9-13-5-2-1-3-6-13/h1-11,19H,12H2,(H,18,20)/b10-9+. The summed E-state index contributed by atoms with van der Waals surface area (Å²) in [5.74, 6) is -1.06. The molecule has 24 heavy (non-hydrogen) atoms. The van der Waals surface area contributed by atoms with Crippen LogP contribution in [0, 0.1) is 5.82 Å². The van der Waals surface area contributed by atoms with Gasteiger partial charge in [-0.25, -0.2) is 12.8 Å². The number of hydrogen-bond acceptors (Lipinski definition) is 4. The summed E-state index contributed by atoms with van der Waals surface area (Å²) in [5, 5.41) is 0.927. The van der Waals surface area contributed by atoms with E-state index in [9.17, 15) is 17.6 Å². The van der Waals surface area contributed by atoms with Crippen molar-refractivity contribution in [2.75, 3.05) is 6.61 Å². The highest BCUT2D eigenvalue weighted by Gasteiger charge is 2.08. The third-order valence-corrected chi connectivity index (χ3v) is 3.62. The number of halogens is 1. The van der Waals surface area contributed by atoms with Crippen LogP contribution >= 0.6 is 0 Å². The fraction of sp³-hybridized carbons (Fsp3) is 0.0625. The van der Waals surface area contributed by atoms with E-state index in [1.54, 1.807) is 24.3 Å². The lowest BCUT2D eigenvalue weighted by molar-refractivity contribution is -0.123. The minimum absolute atomic E-state index is 0.164. The van der Waals surface area contributed by atoms with Crippen LogP contribution in [-0.4, -0.2) is 20.9 Å². The first-order valence-electron chi connectivity index (χ1n) is 6.87. The molecule has 0 saturated heterocycles. The van der Waals surface area contributed by atoms with Crippen molar-refractivity contribution in [3.63, 3.8) is 0 Å². The van der Waals surface area contributed by atoms with Gasteiger partial charge in [0.05, 0.1) is 0 Å². The second-order valence-electron chi connectivity index (χ2n) is 4.65. The van der Waals surface area contributed by atoms with Gasteiger partial charge in [-0.1, -0.05) is 36.4 Å². The molecule has 8 heteroatoms. The molecule has 0 aliphatic carbocycles. The Balaban J connectivity index is 1.81. The van der Waals surface area contributed by atoms with Crippen molar-refractivity contribution >= 4 is 22.0 Å². The maximum Gasteiger partial charge on any atom is 0.272 e. The van der Waals surface area contributed by atoms with Crippen LogP contribution in [0.5, 0.6) is 5.75 Å². The number of ether oxygens (including phenoxy) is 1. The van der Waals surface area contributed by atoms with Crippen molar-refractivity contribution in [2.24, 2.45) is 0 Å². The Kier molecular flexibility index (Phi) is 6.05. The molecule has 0 heterocycles. The highest BCUT2D eigenvalue weighted by molar-refractivity contribution is 7.92. The summed E-state index contributed by atoms with van der Waals surface area (Å²) in [6.07, 6.45) is 1.39. The molecule has 2 N–H and O–H groups in total. The minimum atomic E-state index is -3.84. The summed E-state index contributed by atoms with van der Waals surface area (Å²) in [5.41, 5.74) is 2.69. The predicted octanol–water partition coefficient (Wildman–Crippen LogP) is 1.83. The van der Waals surface area contributed by atoms with Crippen LogP contribution in [0.15, 0.2) is 60.0 Å². The molecule has 126 valence electrons. The average molecular weight is 350 g/mol. The van der Waals surface area contributed by atoms with Crippen LogP contribution in [0.4, 0.5) is 4.39 Å². The van der Waals surface area contributed by atoms with Gasteiger partial charge < -0.3 is 4.74 Å². The lowest BCUT2D eigenvalue weighted by Gasteiger charge is -2.07. The number of carbonyl (C=O) groups is 1.